The lowest BCUT2D eigenvalue weighted by atomic mass is 9.82. The minimum Gasteiger partial charge on any atom is -0.481 e. The van der Waals surface area contributed by atoms with Crippen LogP contribution in [0.15, 0.2) is 50.6 Å². The first-order chi connectivity index (χ1) is 36.0. The van der Waals surface area contributed by atoms with Crippen molar-refractivity contribution in [3.05, 3.63) is 50.6 Å². The van der Waals surface area contributed by atoms with Crippen LogP contribution in [0.25, 0.3) is 0 Å². The first kappa shape index (κ1) is 83.8. The van der Waals surface area contributed by atoms with E-state index < -0.39 is 139 Å². The molecule has 0 spiro atoms. The van der Waals surface area contributed by atoms with E-state index in [4.69, 9.17) is 10.2 Å². The summed E-state index contributed by atoms with van der Waals surface area (Å²) in [5.74, 6) is -84.2. The molecule has 0 unspecified atom stereocenters. The Kier molecular flexibility index (Phi) is 31.0. The number of aliphatic carboxylic acids is 2. The summed E-state index contributed by atoms with van der Waals surface area (Å²) in [7, 11) is 0. The molecule has 0 heterocycles. The first-order valence-electron chi connectivity index (χ1n) is 19.3. The van der Waals surface area contributed by atoms with Crippen LogP contribution in [0.3, 0.4) is 0 Å². The monoisotopic (exact) mass is 1290 g/mol. The third kappa shape index (κ3) is 20.4. The van der Waals surface area contributed by atoms with Gasteiger partial charge in [-0.2, -0.15) is 127 Å². The van der Waals surface area contributed by atoms with Crippen LogP contribution in [0.5, 0.6) is 0 Å². The molecule has 82 heavy (non-hydrogen) atoms. The number of halogens is 30. The molecule has 0 fully saturated rings. The second-order valence-corrected chi connectivity index (χ2v) is 13.5. The average Bonchev–Trinajstić information content (AvgIpc) is 3.30. The molecule has 0 bridgehead atoms. The maximum absolute atomic E-state index is 13.7. The number of rotatable bonds is 23. The third-order valence-electron chi connectivity index (χ3n) is 7.77. The van der Waals surface area contributed by atoms with Crippen LogP contribution in [0.2, 0.25) is 0 Å². The van der Waals surface area contributed by atoms with Crippen LogP contribution < -0.4 is 5.73 Å². The molecule has 0 aromatic heterocycles. The maximum atomic E-state index is 13.7. The predicted molar refractivity (Wildman–Crippen MR) is 202 cm³/mol. The van der Waals surface area contributed by atoms with Gasteiger partial charge < -0.3 is 39.6 Å². The zero-order valence-electron chi connectivity index (χ0n) is 39.3. The molecule has 0 aliphatic heterocycles. The standard InChI is InChI=1S/C16H7F23O2.C9H12O6.C6H3F7O2.C3H7NO2.C3H4O2/c1-2-5(40)41-4-3-6(17,18)8(20,21)10(24,25)12(28,29)14(32,33)13(30,31)11(26,27)9(22,23)7(19,15(34,35)36)16(37,38)39;1-2-8(12)14-5-6-15-9(13)4-3-7(10)11;1-2-3(14)15-4(7,5(8,9)10)6(11,12)13;1-2-6-3(4)5;1-2-3(4)5/h2H,1,3-4H2;2H,1,3-6H2,(H,10,11);2H,1H2;2H2,1H3,(H2,4,5);2H,1H2,(H,4,5). The fourth-order valence-corrected chi connectivity index (χ4v) is 3.68. The van der Waals surface area contributed by atoms with Gasteiger partial charge in [-0.05, 0) is 6.92 Å². The molecule has 480 valence electrons. The number of esters is 4. The van der Waals surface area contributed by atoms with E-state index >= 15 is 0 Å². The van der Waals surface area contributed by atoms with Gasteiger partial charge in [-0.3, -0.25) is 9.59 Å². The van der Waals surface area contributed by atoms with Crippen LogP contribution in [0.1, 0.15) is 26.2 Å². The van der Waals surface area contributed by atoms with Crippen molar-refractivity contribution in [3.63, 3.8) is 0 Å². The van der Waals surface area contributed by atoms with Crippen molar-refractivity contribution in [1.82, 2.24) is 0 Å². The Morgan fingerprint density at radius 2 is 0.720 bits per heavy atom. The number of hydrogen-bond donors (Lipinski definition) is 3. The Bertz CT molecular complexity index is 2160. The quantitative estimate of drug-likeness (QED) is 0.0284. The topological polar surface area (TPSA) is 232 Å². The highest BCUT2D eigenvalue weighted by atomic mass is 19.4. The Morgan fingerprint density at radius 1 is 0.415 bits per heavy atom. The Balaban J connectivity index is -0.000000388. The van der Waals surface area contributed by atoms with Crippen LogP contribution >= 0.6 is 0 Å². The van der Waals surface area contributed by atoms with Crippen molar-refractivity contribution < 1.29 is 199 Å². The zero-order chi connectivity index (χ0) is 67.4. The second kappa shape index (κ2) is 30.3. The van der Waals surface area contributed by atoms with E-state index in [0.29, 0.717) is 6.61 Å². The summed E-state index contributed by atoms with van der Waals surface area (Å²) in [6.07, 6.45) is -32.3. The summed E-state index contributed by atoms with van der Waals surface area (Å²) in [5.41, 5.74) is -4.51. The van der Waals surface area contributed by atoms with Crippen molar-refractivity contribution in [1.29, 1.82) is 0 Å². The number of primary amides is 1. The molecule has 4 N–H and O–H groups in total. The minimum atomic E-state index is -9.50. The summed E-state index contributed by atoms with van der Waals surface area (Å²) in [6, 6.07) is 0. The van der Waals surface area contributed by atoms with E-state index in [9.17, 15) is 165 Å². The second-order valence-electron chi connectivity index (χ2n) is 13.5. The van der Waals surface area contributed by atoms with E-state index in [1.165, 1.54) is 0 Å². The van der Waals surface area contributed by atoms with Gasteiger partial charge in [-0.15, -0.1) is 0 Å². The lowest BCUT2D eigenvalue weighted by Gasteiger charge is -2.46. The van der Waals surface area contributed by atoms with Gasteiger partial charge in [-0.25, -0.2) is 28.4 Å². The van der Waals surface area contributed by atoms with E-state index in [1.807, 2.05) is 0 Å². The van der Waals surface area contributed by atoms with Crippen LogP contribution in [0, 0.1) is 0 Å². The molecule has 0 radical (unpaired) electrons. The molecule has 45 heteroatoms. The molecule has 0 atom stereocenters. The smallest absolute Gasteiger partial charge is 0.470 e. The number of carboxylic acid groups (broad SMARTS) is 2. The number of carbonyl (C=O) groups is 7. The largest absolute Gasteiger partial charge is 0.481 e. The van der Waals surface area contributed by atoms with Gasteiger partial charge in [0.15, 0.2) is 0 Å². The highest BCUT2D eigenvalue weighted by Gasteiger charge is 3.00. The fraction of sp³-hybridized carbons (Fsp3) is 0.595. The molecule has 0 saturated carbocycles. The summed E-state index contributed by atoms with van der Waals surface area (Å²) >= 11 is 0. The van der Waals surface area contributed by atoms with Gasteiger partial charge in [0.05, 0.1) is 32.5 Å². The maximum Gasteiger partial charge on any atom is 0.470 e. The van der Waals surface area contributed by atoms with Gasteiger partial charge in [0, 0.05) is 24.3 Å². The molecule has 15 nitrogen and oxygen atoms in total. The summed E-state index contributed by atoms with van der Waals surface area (Å²) < 4.78 is 407. The van der Waals surface area contributed by atoms with Gasteiger partial charge in [0.1, 0.15) is 13.2 Å². The highest BCUT2D eigenvalue weighted by molar-refractivity contribution is 5.82. The SMILES string of the molecule is C=CC(=O)O.C=CC(=O)OC(F)(C(F)(F)F)C(F)(F)F.C=CC(=O)OCCC(F)(F)C(F)(F)C(F)(F)C(F)(F)C(F)(F)C(F)(F)C(F)(F)C(F)(F)C(F)(C(F)(F)F)C(F)(F)F.C=CC(=O)OCCOC(=O)CCC(=O)O.CCOC(N)=O. The molecular weight excluding hydrogens is 1250 g/mol. The van der Waals surface area contributed by atoms with Crippen LogP contribution in [-0.2, 0) is 52.5 Å². The molecule has 0 aromatic carbocycles. The van der Waals surface area contributed by atoms with E-state index in [0.717, 1.165) is 12.2 Å². The summed E-state index contributed by atoms with van der Waals surface area (Å²) in [6.45, 7) is 10.9. The third-order valence-corrected chi connectivity index (χ3v) is 7.77. The number of alkyl halides is 30. The molecule has 1 amide bonds. The number of carboxylic acids is 2. The minimum absolute atomic E-state index is 0.0220. The lowest BCUT2D eigenvalue weighted by Crippen LogP contribution is -2.79. The first-order valence-corrected chi connectivity index (χ1v) is 19.3. The molecule has 0 saturated heterocycles. The van der Waals surface area contributed by atoms with Crippen molar-refractivity contribution in [2.45, 2.75) is 110 Å². The average molecular weight is 1290 g/mol. The number of ether oxygens (including phenoxy) is 5. The van der Waals surface area contributed by atoms with Gasteiger partial charge in [0.25, 0.3) is 0 Å². The fourth-order valence-electron chi connectivity index (χ4n) is 3.68. The van der Waals surface area contributed by atoms with Crippen LogP contribution in [-0.4, -0.2) is 162 Å². The van der Waals surface area contributed by atoms with Crippen molar-refractivity contribution >= 4 is 41.9 Å². The summed E-state index contributed by atoms with van der Waals surface area (Å²) in [4.78, 5) is 71.0. The van der Waals surface area contributed by atoms with E-state index in [2.05, 4.69) is 55.7 Å². The van der Waals surface area contributed by atoms with E-state index in [1.54, 1.807) is 6.92 Å². The Morgan fingerprint density at radius 3 is 0.976 bits per heavy atom. The van der Waals surface area contributed by atoms with Crippen molar-refractivity contribution in [2.24, 2.45) is 5.73 Å². The Hall–Kier alpha value is -7.05. The number of hydrogen-bond acceptors (Lipinski definition) is 12. The normalized spacial score (nSPS) is 13.1. The lowest BCUT2D eigenvalue weighted by molar-refractivity contribution is -0.481. The molecule has 0 aliphatic carbocycles. The highest BCUT2D eigenvalue weighted by Crippen LogP contribution is 2.68. The molecule has 0 aromatic rings. The number of nitrogens with two attached hydrogens (primary N) is 1. The number of amides is 1. The van der Waals surface area contributed by atoms with Crippen molar-refractivity contribution in [3.8, 4) is 0 Å². The van der Waals surface area contributed by atoms with Gasteiger partial charge in [0.2, 0.25) is 0 Å². The molecule has 0 rings (SSSR count). The zero-order valence-corrected chi connectivity index (χ0v) is 39.3. The van der Waals surface area contributed by atoms with E-state index in [-0.39, 0.29) is 38.2 Å². The predicted octanol–water partition coefficient (Wildman–Crippen LogP) is 11.0. The molecule has 0 aliphatic rings. The van der Waals surface area contributed by atoms with Crippen molar-refractivity contribution in [2.75, 3.05) is 26.4 Å². The Labute approximate surface area is 434 Å². The number of carbonyl (C=O) groups excluding carboxylic acids is 5. The molecular formula is C37H33F30NO14. The summed E-state index contributed by atoms with van der Waals surface area (Å²) in [5, 5.41) is 15.9. The van der Waals surface area contributed by atoms with Crippen LogP contribution in [0.4, 0.5) is 137 Å². The van der Waals surface area contributed by atoms with Gasteiger partial charge >= 0.3 is 126 Å². The van der Waals surface area contributed by atoms with Gasteiger partial charge in [-0.1, -0.05) is 26.3 Å².